The van der Waals surface area contributed by atoms with Crippen molar-refractivity contribution in [3.8, 4) is 17.1 Å². The molecule has 4 aliphatic rings. The van der Waals surface area contributed by atoms with Gasteiger partial charge in [0.2, 0.25) is 5.88 Å². The maximum Gasteiger partial charge on any atom is 0.418 e. The van der Waals surface area contributed by atoms with Crippen LogP contribution in [-0.4, -0.2) is 50.3 Å². The zero-order valence-electron chi connectivity index (χ0n) is 22.6. The highest BCUT2D eigenvalue weighted by molar-refractivity contribution is 6.02. The number of pyridine rings is 3. The summed E-state index contributed by atoms with van der Waals surface area (Å²) in [5.74, 6) is -0.704. The maximum absolute atomic E-state index is 16.9. The molecule has 212 valence electrons. The molecule has 7 rings (SSSR count). The highest BCUT2D eigenvalue weighted by Crippen LogP contribution is 2.54. The molecule has 0 spiro atoms. The number of nitrogens with zero attached hydrogens (tertiary/aromatic N) is 4. The quantitative estimate of drug-likeness (QED) is 0.395. The van der Waals surface area contributed by atoms with E-state index in [0.717, 1.165) is 18.9 Å². The van der Waals surface area contributed by atoms with E-state index in [0.29, 0.717) is 30.9 Å². The van der Waals surface area contributed by atoms with Crippen LogP contribution in [0.4, 0.5) is 29.2 Å². The Bertz CT molecular complexity index is 1610. The van der Waals surface area contributed by atoms with Crippen molar-refractivity contribution in [1.29, 1.82) is 0 Å². The van der Waals surface area contributed by atoms with Gasteiger partial charge in [-0.25, -0.2) is 19.3 Å². The summed E-state index contributed by atoms with van der Waals surface area (Å²) in [6.07, 6.45) is -2.64. The molecule has 4 unspecified atom stereocenters. The van der Waals surface area contributed by atoms with E-state index in [2.05, 4.69) is 27.1 Å². The van der Waals surface area contributed by atoms with Crippen LogP contribution in [0.25, 0.3) is 22.0 Å². The molecular weight excluding hydrogens is 528 g/mol. The molecular formula is C28H30F4N6O2. The lowest BCUT2D eigenvalue weighted by atomic mass is 9.93. The van der Waals surface area contributed by atoms with Gasteiger partial charge in [0.15, 0.2) is 5.82 Å². The number of hydrogen-bond donors (Lipinski definition) is 3. The molecule has 0 aromatic carbocycles. The first-order valence-electron chi connectivity index (χ1n) is 13.5. The first-order chi connectivity index (χ1) is 18.7. The Labute approximate surface area is 227 Å². The van der Waals surface area contributed by atoms with Gasteiger partial charge >= 0.3 is 6.18 Å². The van der Waals surface area contributed by atoms with E-state index in [9.17, 15) is 18.3 Å². The van der Waals surface area contributed by atoms with Gasteiger partial charge in [-0.15, -0.1) is 0 Å². The molecule has 1 saturated carbocycles. The van der Waals surface area contributed by atoms with Gasteiger partial charge in [0.25, 0.3) is 0 Å². The molecule has 3 aromatic rings. The van der Waals surface area contributed by atoms with Crippen LogP contribution < -0.4 is 20.7 Å². The van der Waals surface area contributed by atoms with Gasteiger partial charge < -0.3 is 25.8 Å². The number of ether oxygens (including phenoxy) is 1. The summed E-state index contributed by atoms with van der Waals surface area (Å²) >= 11 is 0. The number of piperazine rings is 1. The van der Waals surface area contributed by atoms with Gasteiger partial charge in [-0.1, -0.05) is 0 Å². The molecule has 2 saturated heterocycles. The molecule has 2 bridgehead atoms. The Kier molecular flexibility index (Phi) is 5.10. The van der Waals surface area contributed by atoms with Crippen molar-refractivity contribution >= 4 is 22.4 Å². The Balaban J connectivity index is 1.59. The maximum atomic E-state index is 16.9. The standard InChI is InChI=1S/C28H30F4N6O2/c1-11-19(28(30,31)32)14(9-16(33)34-11)22-21(29)17-18-24(35-12(2)20(17)27(39)7-8-27)38-10-26(4)6-5-15(37-26)23(38)13(3)40-25(18)36-22/h9,13,15,23,37,39H,5-8,10H2,1-4H3,(H2,33,34). The van der Waals surface area contributed by atoms with Crippen LogP contribution >= 0.6 is 0 Å². The predicted molar refractivity (Wildman–Crippen MR) is 141 cm³/mol. The normalized spacial score (nSPS) is 28.3. The van der Waals surface area contributed by atoms with Crippen LogP contribution in [-0.2, 0) is 11.8 Å². The Hall–Kier alpha value is -3.25. The molecule has 1 aliphatic carbocycles. The smallest absolute Gasteiger partial charge is 0.418 e. The van der Waals surface area contributed by atoms with Crippen molar-refractivity contribution in [2.45, 2.75) is 88.9 Å². The fourth-order valence-corrected chi connectivity index (χ4v) is 7.27. The van der Waals surface area contributed by atoms with E-state index >= 15 is 4.39 Å². The topological polar surface area (TPSA) is 109 Å². The van der Waals surface area contributed by atoms with Gasteiger partial charge in [0.05, 0.1) is 28.3 Å². The Morgan fingerprint density at radius 1 is 1.12 bits per heavy atom. The van der Waals surface area contributed by atoms with E-state index in [1.165, 1.54) is 6.92 Å². The third kappa shape index (κ3) is 3.54. The fourth-order valence-electron chi connectivity index (χ4n) is 7.27. The number of hydrogen-bond acceptors (Lipinski definition) is 8. The largest absolute Gasteiger partial charge is 0.472 e. The van der Waals surface area contributed by atoms with E-state index < -0.39 is 40.5 Å². The molecule has 3 fully saturated rings. The molecule has 12 heteroatoms. The van der Waals surface area contributed by atoms with Gasteiger partial charge in [0, 0.05) is 40.3 Å². The molecule has 0 radical (unpaired) electrons. The second kappa shape index (κ2) is 7.94. The van der Waals surface area contributed by atoms with E-state index in [1.807, 2.05) is 6.92 Å². The van der Waals surface area contributed by atoms with Crippen LogP contribution in [0.1, 0.15) is 62.0 Å². The van der Waals surface area contributed by atoms with Gasteiger partial charge in [-0.2, -0.15) is 13.2 Å². The molecule has 4 N–H and O–H groups in total. The summed E-state index contributed by atoms with van der Waals surface area (Å²) in [7, 11) is 0. The van der Waals surface area contributed by atoms with Crippen LogP contribution in [0.5, 0.6) is 5.88 Å². The first-order valence-corrected chi connectivity index (χ1v) is 13.5. The molecule has 3 aromatic heterocycles. The molecule has 40 heavy (non-hydrogen) atoms. The summed E-state index contributed by atoms with van der Waals surface area (Å²) < 4.78 is 66.2. The zero-order chi connectivity index (χ0) is 28.5. The monoisotopic (exact) mass is 558 g/mol. The highest BCUT2D eigenvalue weighted by atomic mass is 19.4. The van der Waals surface area contributed by atoms with Crippen molar-refractivity contribution in [3.05, 3.63) is 34.4 Å². The summed E-state index contributed by atoms with van der Waals surface area (Å²) in [5, 5.41) is 15.3. The van der Waals surface area contributed by atoms with Gasteiger partial charge in [-0.05, 0) is 59.4 Å². The second-order valence-corrected chi connectivity index (χ2v) is 12.1. The number of nitrogens with one attached hydrogen (secondary N) is 1. The first kappa shape index (κ1) is 25.7. The third-order valence-corrected chi connectivity index (χ3v) is 9.04. The van der Waals surface area contributed by atoms with Crippen LogP contribution in [0.2, 0.25) is 0 Å². The molecule has 4 atom stereocenters. The third-order valence-electron chi connectivity index (χ3n) is 9.04. The average Bonchev–Trinajstić information content (AvgIpc) is 3.53. The number of aliphatic hydroxyl groups is 1. The van der Waals surface area contributed by atoms with Crippen molar-refractivity contribution < 1.29 is 27.4 Å². The summed E-state index contributed by atoms with van der Waals surface area (Å²) in [5.41, 5.74) is 2.46. The molecule has 8 nitrogen and oxygen atoms in total. The van der Waals surface area contributed by atoms with E-state index in [4.69, 9.17) is 15.5 Å². The van der Waals surface area contributed by atoms with Crippen molar-refractivity contribution in [3.63, 3.8) is 0 Å². The van der Waals surface area contributed by atoms with Crippen LogP contribution in [0, 0.1) is 19.7 Å². The minimum Gasteiger partial charge on any atom is -0.472 e. The summed E-state index contributed by atoms with van der Waals surface area (Å²) in [6, 6.07) is 0.912. The highest BCUT2D eigenvalue weighted by Gasteiger charge is 2.53. The van der Waals surface area contributed by atoms with Crippen LogP contribution in [0.15, 0.2) is 6.07 Å². The number of fused-ring (bicyclic) bond motifs is 5. The number of halogens is 4. The van der Waals surface area contributed by atoms with Crippen molar-refractivity contribution in [2.75, 3.05) is 17.2 Å². The minimum atomic E-state index is -4.84. The van der Waals surface area contributed by atoms with Crippen molar-refractivity contribution in [1.82, 2.24) is 20.3 Å². The Morgan fingerprint density at radius 2 is 1.85 bits per heavy atom. The lowest BCUT2D eigenvalue weighted by Gasteiger charge is -2.46. The lowest BCUT2D eigenvalue weighted by molar-refractivity contribution is -0.137. The van der Waals surface area contributed by atoms with Crippen LogP contribution in [0.3, 0.4) is 0 Å². The molecule has 0 amide bonds. The minimum absolute atomic E-state index is 0.00690. The number of alkyl halides is 3. The number of anilines is 2. The molecule has 6 heterocycles. The second-order valence-electron chi connectivity index (χ2n) is 12.1. The number of nitrogen functional groups attached to an aromatic ring is 1. The van der Waals surface area contributed by atoms with E-state index in [-0.39, 0.29) is 51.4 Å². The van der Waals surface area contributed by atoms with Crippen molar-refractivity contribution in [2.24, 2.45) is 0 Å². The number of nitrogens with two attached hydrogens (primary N) is 1. The number of aromatic nitrogens is 3. The summed E-state index contributed by atoms with van der Waals surface area (Å²) in [6.45, 7) is 7.51. The SMILES string of the molecule is Cc1nc(N)cc(-c2nc3c4c(nc(C)c(C5(O)CC5)c4c2F)N2CC4(C)CCC(N4)C2C(C)O3)c1C(F)(F)F. The summed E-state index contributed by atoms with van der Waals surface area (Å²) in [4.78, 5) is 15.3. The predicted octanol–water partition coefficient (Wildman–Crippen LogP) is 4.51. The number of rotatable bonds is 2. The number of aryl methyl sites for hydroxylation is 2. The average molecular weight is 559 g/mol. The van der Waals surface area contributed by atoms with E-state index in [1.54, 1.807) is 6.92 Å². The fraction of sp³-hybridized carbons (Fsp3) is 0.536. The van der Waals surface area contributed by atoms with Gasteiger partial charge in [-0.3, -0.25) is 0 Å². The Morgan fingerprint density at radius 3 is 2.52 bits per heavy atom. The zero-order valence-corrected chi connectivity index (χ0v) is 22.6. The molecule has 3 aliphatic heterocycles. The van der Waals surface area contributed by atoms with Gasteiger partial charge in [0.1, 0.15) is 23.4 Å². The lowest BCUT2D eigenvalue weighted by Crippen LogP contribution is -2.66.